The van der Waals surface area contributed by atoms with Gasteiger partial charge in [0.25, 0.3) is 0 Å². The molecule has 5 N–H and O–H groups in total. The van der Waals surface area contributed by atoms with Gasteiger partial charge < -0.3 is 15.5 Å². The molecule has 0 fully saturated rings. The number of nitrogens with one attached hydrogen (secondary N) is 3. The molecule has 0 bridgehead atoms. The summed E-state index contributed by atoms with van der Waals surface area (Å²) in [6.07, 6.45) is 0. The third-order valence-corrected chi connectivity index (χ3v) is 3.18. The average molecular weight is 315 g/mol. The van der Waals surface area contributed by atoms with Crippen LogP contribution in [-0.4, -0.2) is 15.3 Å². The first-order valence-electron chi connectivity index (χ1n) is 6.61. The largest absolute Gasteiger partial charge is 0.508 e. The quantitative estimate of drug-likeness (QED) is 0.430. The lowest BCUT2D eigenvalue weighted by Crippen LogP contribution is -2.42. The first-order valence-corrected chi connectivity index (χ1v) is 7.02. The maximum Gasteiger partial charge on any atom is 0.185 e. The highest BCUT2D eigenvalue weighted by atomic mass is 32.1. The molecule has 22 heavy (non-hydrogen) atoms. The van der Waals surface area contributed by atoms with Gasteiger partial charge in [-0.15, -0.1) is 0 Å². The van der Waals surface area contributed by atoms with E-state index in [-0.39, 0.29) is 11.5 Å². The number of aromatic hydroxyl groups is 2. The van der Waals surface area contributed by atoms with Crippen molar-refractivity contribution >= 4 is 23.0 Å². The summed E-state index contributed by atoms with van der Waals surface area (Å²) >= 11 is 5.15. The molecule has 0 heterocycles. The van der Waals surface area contributed by atoms with E-state index < -0.39 is 0 Å². The third-order valence-electron chi connectivity index (χ3n) is 2.93. The topological polar surface area (TPSA) is 76.5 Å². The molecule has 0 amide bonds. The maximum atomic E-state index is 9.74. The molecule has 0 aromatic heterocycles. The molecule has 0 saturated carbocycles. The van der Waals surface area contributed by atoms with Crippen molar-refractivity contribution in [2.24, 2.45) is 0 Å². The molecule has 2 rings (SSSR count). The first-order chi connectivity index (χ1) is 10.6. The highest BCUT2D eigenvalue weighted by Gasteiger charge is 2.06. The Hall–Kier alpha value is -2.73. The van der Waals surface area contributed by atoms with Crippen molar-refractivity contribution in [1.29, 1.82) is 0 Å². The van der Waals surface area contributed by atoms with E-state index >= 15 is 0 Å². The van der Waals surface area contributed by atoms with E-state index in [1.165, 1.54) is 12.1 Å². The van der Waals surface area contributed by atoms with Crippen LogP contribution in [0.5, 0.6) is 11.5 Å². The summed E-state index contributed by atoms with van der Waals surface area (Å²) in [6, 6.07) is 14.1. The lowest BCUT2D eigenvalue weighted by Gasteiger charge is -2.15. The highest BCUT2D eigenvalue weighted by Crippen LogP contribution is 2.26. The number of phenolic OH excluding ortho intramolecular Hbond substituents is 2. The molecule has 0 aliphatic carbocycles. The minimum Gasteiger partial charge on any atom is -0.508 e. The molecular weight excluding hydrogens is 298 g/mol. The van der Waals surface area contributed by atoms with Gasteiger partial charge in [-0.25, -0.2) is 0 Å². The number of phenols is 2. The van der Waals surface area contributed by atoms with E-state index in [9.17, 15) is 10.2 Å². The van der Waals surface area contributed by atoms with Gasteiger partial charge in [-0.3, -0.25) is 10.9 Å². The third kappa shape index (κ3) is 4.39. The van der Waals surface area contributed by atoms with Gasteiger partial charge in [0, 0.05) is 18.2 Å². The molecule has 0 radical (unpaired) electrons. The Morgan fingerprint density at radius 2 is 1.77 bits per heavy atom. The lowest BCUT2D eigenvalue weighted by molar-refractivity contribution is 0.449. The Bertz CT molecular complexity index is 674. The molecule has 0 aliphatic rings. The zero-order chi connectivity index (χ0) is 15.9. The van der Waals surface area contributed by atoms with Crippen molar-refractivity contribution in [1.82, 2.24) is 16.2 Å². The summed E-state index contributed by atoms with van der Waals surface area (Å²) < 4.78 is 0. The predicted octanol–water partition coefficient (Wildman–Crippen LogP) is 2.24. The van der Waals surface area contributed by atoms with Crippen LogP contribution >= 0.6 is 12.2 Å². The van der Waals surface area contributed by atoms with Crippen LogP contribution in [-0.2, 0) is 6.54 Å². The molecule has 114 valence electrons. The zero-order valence-electron chi connectivity index (χ0n) is 11.8. The number of benzene rings is 2. The monoisotopic (exact) mass is 315 g/mol. The standard InChI is InChI=1S/C16H17N3O2S/c1-11(14-8-7-13(20)9-15(14)21)18-19-16(22)17-10-12-5-3-2-4-6-12/h2-9,18,20-21H,1,10H2,(H2,17,19,22). The Balaban J connectivity index is 1.82. The summed E-state index contributed by atoms with van der Waals surface area (Å²) in [5.41, 5.74) is 7.61. The van der Waals surface area contributed by atoms with Crippen molar-refractivity contribution in [3.8, 4) is 11.5 Å². The van der Waals surface area contributed by atoms with E-state index in [0.717, 1.165) is 5.56 Å². The van der Waals surface area contributed by atoms with Crippen molar-refractivity contribution in [2.45, 2.75) is 6.54 Å². The summed E-state index contributed by atoms with van der Waals surface area (Å²) in [7, 11) is 0. The second-order valence-electron chi connectivity index (χ2n) is 4.60. The van der Waals surface area contributed by atoms with E-state index in [1.807, 2.05) is 30.3 Å². The summed E-state index contributed by atoms with van der Waals surface area (Å²) in [4.78, 5) is 0. The Labute approximate surface area is 134 Å². The average Bonchev–Trinajstić information content (AvgIpc) is 2.51. The van der Waals surface area contributed by atoms with Crippen LogP contribution in [0.4, 0.5) is 0 Å². The molecule has 2 aromatic carbocycles. The van der Waals surface area contributed by atoms with Crippen LogP contribution in [0, 0.1) is 0 Å². The number of hydrogen-bond donors (Lipinski definition) is 5. The molecule has 6 heteroatoms. The molecule has 0 aliphatic heterocycles. The van der Waals surface area contributed by atoms with Gasteiger partial charge in [0.2, 0.25) is 0 Å². The Morgan fingerprint density at radius 1 is 1.05 bits per heavy atom. The fourth-order valence-corrected chi connectivity index (χ4v) is 1.92. The normalized spacial score (nSPS) is 9.82. The first kappa shape index (κ1) is 15.7. The molecule has 2 aromatic rings. The number of hydrogen-bond acceptors (Lipinski definition) is 4. The van der Waals surface area contributed by atoms with Gasteiger partial charge in [0.1, 0.15) is 11.5 Å². The minimum atomic E-state index is -0.0672. The lowest BCUT2D eigenvalue weighted by atomic mass is 10.1. The molecule has 0 unspecified atom stereocenters. The van der Waals surface area contributed by atoms with E-state index in [0.29, 0.717) is 22.9 Å². The second kappa shape index (κ2) is 7.33. The van der Waals surface area contributed by atoms with Crippen molar-refractivity contribution in [2.75, 3.05) is 0 Å². The zero-order valence-corrected chi connectivity index (χ0v) is 12.7. The fraction of sp³-hybridized carbons (Fsp3) is 0.0625. The van der Waals surface area contributed by atoms with E-state index in [4.69, 9.17) is 12.2 Å². The fourth-order valence-electron chi connectivity index (χ4n) is 1.80. The van der Waals surface area contributed by atoms with Gasteiger partial charge in [-0.05, 0) is 29.9 Å². The maximum absolute atomic E-state index is 9.74. The van der Waals surface area contributed by atoms with Crippen molar-refractivity contribution < 1.29 is 10.2 Å². The smallest absolute Gasteiger partial charge is 0.185 e. The second-order valence-corrected chi connectivity index (χ2v) is 5.01. The van der Waals surface area contributed by atoms with Crippen LogP contribution in [0.15, 0.2) is 55.1 Å². The van der Waals surface area contributed by atoms with Gasteiger partial charge in [-0.2, -0.15) is 0 Å². The number of rotatable bonds is 5. The van der Waals surface area contributed by atoms with E-state index in [1.54, 1.807) is 6.07 Å². The minimum absolute atomic E-state index is 0.0120. The van der Waals surface area contributed by atoms with Crippen LogP contribution in [0.2, 0.25) is 0 Å². The summed E-state index contributed by atoms with van der Waals surface area (Å²) in [5, 5.41) is 22.5. The van der Waals surface area contributed by atoms with Crippen LogP contribution in [0.1, 0.15) is 11.1 Å². The van der Waals surface area contributed by atoms with Crippen molar-refractivity contribution in [3.05, 3.63) is 66.2 Å². The molecule has 5 nitrogen and oxygen atoms in total. The predicted molar refractivity (Wildman–Crippen MR) is 91.0 cm³/mol. The van der Waals surface area contributed by atoms with Crippen LogP contribution < -0.4 is 16.2 Å². The van der Waals surface area contributed by atoms with Gasteiger partial charge in [-0.1, -0.05) is 36.9 Å². The van der Waals surface area contributed by atoms with Gasteiger partial charge in [0.05, 0.1) is 5.70 Å². The van der Waals surface area contributed by atoms with Crippen LogP contribution in [0.25, 0.3) is 5.70 Å². The molecular formula is C16H17N3O2S. The SMILES string of the molecule is C=C(NNC(=S)NCc1ccccc1)c1ccc(O)cc1O. The van der Waals surface area contributed by atoms with Crippen LogP contribution in [0.3, 0.4) is 0 Å². The molecule has 0 spiro atoms. The summed E-state index contributed by atoms with van der Waals surface area (Å²) in [5.74, 6) is -0.0791. The van der Waals surface area contributed by atoms with Crippen molar-refractivity contribution in [3.63, 3.8) is 0 Å². The molecule has 0 atom stereocenters. The molecule has 0 saturated heterocycles. The number of thiocarbonyl (C=S) groups is 1. The highest BCUT2D eigenvalue weighted by molar-refractivity contribution is 7.80. The number of hydrazine groups is 1. The Morgan fingerprint density at radius 3 is 2.45 bits per heavy atom. The Kier molecular flexibility index (Phi) is 5.21. The summed E-state index contributed by atoms with van der Waals surface area (Å²) in [6.45, 7) is 4.41. The van der Waals surface area contributed by atoms with E-state index in [2.05, 4.69) is 22.7 Å². The van der Waals surface area contributed by atoms with Gasteiger partial charge in [0.15, 0.2) is 5.11 Å². The van der Waals surface area contributed by atoms with Gasteiger partial charge >= 0.3 is 0 Å².